The lowest BCUT2D eigenvalue weighted by molar-refractivity contribution is -0.149. The maximum absolute atomic E-state index is 11.4. The van der Waals surface area contributed by atoms with E-state index in [4.69, 9.17) is 5.11 Å². The number of rotatable bonds is 6. The lowest BCUT2D eigenvalue weighted by atomic mass is 9.89. The molecule has 6 heteroatoms. The van der Waals surface area contributed by atoms with E-state index in [-0.39, 0.29) is 31.2 Å². The minimum absolute atomic E-state index is 0.0807. The summed E-state index contributed by atoms with van der Waals surface area (Å²) in [6.07, 6.45) is 0.116. The molecule has 17 heavy (non-hydrogen) atoms. The Morgan fingerprint density at radius 3 is 2.18 bits per heavy atom. The fourth-order valence-corrected chi connectivity index (χ4v) is 1.07. The van der Waals surface area contributed by atoms with Gasteiger partial charge in [0.2, 0.25) is 11.8 Å². The van der Waals surface area contributed by atoms with Crippen LogP contribution in [-0.4, -0.2) is 48.4 Å². The fourth-order valence-electron chi connectivity index (χ4n) is 1.07. The summed E-state index contributed by atoms with van der Waals surface area (Å²) in [6, 6.07) is 0. The number of carboxylic acids is 1. The summed E-state index contributed by atoms with van der Waals surface area (Å²) in [6.45, 7) is 3.20. The fraction of sp³-hybridized carbons (Fsp3) is 0.727. The molecule has 0 fully saturated rings. The second-order valence-electron chi connectivity index (χ2n) is 4.75. The van der Waals surface area contributed by atoms with Crippen molar-refractivity contribution in [2.45, 2.75) is 26.7 Å². The maximum Gasteiger partial charge on any atom is 0.309 e. The van der Waals surface area contributed by atoms with Crippen LogP contribution in [0.4, 0.5) is 0 Å². The molecule has 0 aliphatic rings. The number of hydrogen-bond donors (Lipinski definition) is 2. The zero-order chi connectivity index (χ0) is 13.6. The molecule has 0 radical (unpaired) electrons. The van der Waals surface area contributed by atoms with Crippen molar-refractivity contribution >= 4 is 17.8 Å². The summed E-state index contributed by atoms with van der Waals surface area (Å²) in [4.78, 5) is 34.8. The van der Waals surface area contributed by atoms with Crippen LogP contribution >= 0.6 is 0 Å². The Labute approximate surface area is 101 Å². The van der Waals surface area contributed by atoms with E-state index < -0.39 is 11.4 Å². The molecule has 0 saturated heterocycles. The monoisotopic (exact) mass is 244 g/mol. The molecule has 0 rings (SSSR count). The highest BCUT2D eigenvalue weighted by Crippen LogP contribution is 2.19. The van der Waals surface area contributed by atoms with Crippen molar-refractivity contribution in [1.82, 2.24) is 10.2 Å². The molecule has 0 atom stereocenters. The molecular weight excluding hydrogens is 224 g/mol. The van der Waals surface area contributed by atoms with Gasteiger partial charge in [0.1, 0.15) is 0 Å². The van der Waals surface area contributed by atoms with Crippen molar-refractivity contribution in [1.29, 1.82) is 0 Å². The van der Waals surface area contributed by atoms with Crippen LogP contribution in [0.2, 0.25) is 0 Å². The Hall–Kier alpha value is -1.59. The standard InChI is InChI=1S/C11H20N2O4/c1-11(2,10(16)17)7-8(14)12-6-5-9(15)13(3)4/h5-7H2,1-4H3,(H,12,14)(H,16,17). The van der Waals surface area contributed by atoms with Crippen LogP contribution in [0.1, 0.15) is 26.7 Å². The van der Waals surface area contributed by atoms with Gasteiger partial charge < -0.3 is 15.3 Å². The van der Waals surface area contributed by atoms with Gasteiger partial charge in [-0.25, -0.2) is 0 Å². The Kier molecular flexibility index (Phi) is 5.64. The van der Waals surface area contributed by atoms with Gasteiger partial charge in [0, 0.05) is 33.5 Å². The molecule has 0 aromatic rings. The third-order valence-corrected chi connectivity index (χ3v) is 2.34. The summed E-state index contributed by atoms with van der Waals surface area (Å²) in [5, 5.41) is 11.4. The van der Waals surface area contributed by atoms with Crippen molar-refractivity contribution in [2.75, 3.05) is 20.6 Å². The number of amides is 2. The molecule has 0 heterocycles. The smallest absolute Gasteiger partial charge is 0.309 e. The number of aliphatic carboxylic acids is 1. The van der Waals surface area contributed by atoms with E-state index in [9.17, 15) is 14.4 Å². The van der Waals surface area contributed by atoms with Crippen molar-refractivity contribution < 1.29 is 19.5 Å². The average molecular weight is 244 g/mol. The molecule has 2 N–H and O–H groups in total. The van der Waals surface area contributed by atoms with E-state index in [1.165, 1.54) is 18.7 Å². The number of nitrogens with zero attached hydrogens (tertiary/aromatic N) is 1. The first-order valence-corrected chi connectivity index (χ1v) is 5.37. The van der Waals surface area contributed by atoms with Gasteiger partial charge in [-0.2, -0.15) is 0 Å². The van der Waals surface area contributed by atoms with Crippen LogP contribution in [0, 0.1) is 5.41 Å². The summed E-state index contributed by atoms with van der Waals surface area (Å²) >= 11 is 0. The molecular formula is C11H20N2O4. The van der Waals surface area contributed by atoms with E-state index >= 15 is 0 Å². The van der Waals surface area contributed by atoms with Crippen molar-refractivity contribution in [3.05, 3.63) is 0 Å². The van der Waals surface area contributed by atoms with E-state index in [1.807, 2.05) is 0 Å². The lowest BCUT2D eigenvalue weighted by Crippen LogP contribution is -2.35. The molecule has 0 aromatic heterocycles. The number of carbonyl (C=O) groups is 3. The summed E-state index contributed by atoms with van der Waals surface area (Å²) in [5.41, 5.74) is -1.09. The Morgan fingerprint density at radius 2 is 1.76 bits per heavy atom. The van der Waals surface area contributed by atoms with Crippen LogP contribution in [0.15, 0.2) is 0 Å². The second kappa shape index (κ2) is 6.22. The SMILES string of the molecule is CN(C)C(=O)CCNC(=O)CC(C)(C)C(=O)O. The quantitative estimate of drug-likeness (QED) is 0.693. The number of nitrogens with one attached hydrogen (secondary N) is 1. The number of hydrogen-bond acceptors (Lipinski definition) is 3. The van der Waals surface area contributed by atoms with Crippen LogP contribution in [-0.2, 0) is 14.4 Å². The van der Waals surface area contributed by atoms with E-state index in [1.54, 1.807) is 14.1 Å². The molecule has 6 nitrogen and oxygen atoms in total. The van der Waals surface area contributed by atoms with Gasteiger partial charge in [-0.05, 0) is 13.8 Å². The largest absolute Gasteiger partial charge is 0.481 e. The zero-order valence-corrected chi connectivity index (χ0v) is 10.7. The highest BCUT2D eigenvalue weighted by molar-refractivity contribution is 5.84. The predicted molar refractivity (Wildman–Crippen MR) is 62.4 cm³/mol. The van der Waals surface area contributed by atoms with Crippen molar-refractivity contribution in [3.8, 4) is 0 Å². The number of carboxylic acid groups (broad SMARTS) is 1. The molecule has 0 saturated carbocycles. The molecule has 0 bridgehead atoms. The molecule has 0 unspecified atom stereocenters. The zero-order valence-electron chi connectivity index (χ0n) is 10.7. The Balaban J connectivity index is 3.97. The van der Waals surface area contributed by atoms with E-state index in [0.29, 0.717) is 0 Å². The second-order valence-corrected chi connectivity index (χ2v) is 4.75. The Morgan fingerprint density at radius 1 is 1.24 bits per heavy atom. The highest BCUT2D eigenvalue weighted by atomic mass is 16.4. The third-order valence-electron chi connectivity index (χ3n) is 2.34. The van der Waals surface area contributed by atoms with Crippen LogP contribution in [0.5, 0.6) is 0 Å². The van der Waals surface area contributed by atoms with Gasteiger partial charge >= 0.3 is 5.97 Å². The van der Waals surface area contributed by atoms with Crippen molar-refractivity contribution in [2.24, 2.45) is 5.41 Å². The van der Waals surface area contributed by atoms with Gasteiger partial charge in [-0.15, -0.1) is 0 Å². The van der Waals surface area contributed by atoms with E-state index in [0.717, 1.165) is 0 Å². The van der Waals surface area contributed by atoms with Gasteiger partial charge in [0.15, 0.2) is 0 Å². The third kappa shape index (κ3) is 5.89. The van der Waals surface area contributed by atoms with Crippen molar-refractivity contribution in [3.63, 3.8) is 0 Å². The predicted octanol–water partition coefficient (Wildman–Crippen LogP) is 0.0818. The summed E-state index contributed by atoms with van der Waals surface area (Å²) in [5.74, 6) is -1.45. The number of carbonyl (C=O) groups excluding carboxylic acids is 2. The van der Waals surface area contributed by atoms with Gasteiger partial charge in [0.05, 0.1) is 5.41 Å². The maximum atomic E-state index is 11.4. The van der Waals surface area contributed by atoms with Crippen LogP contribution < -0.4 is 5.32 Å². The topological polar surface area (TPSA) is 86.7 Å². The molecule has 0 aliphatic heterocycles. The first-order valence-electron chi connectivity index (χ1n) is 5.37. The first-order chi connectivity index (χ1) is 7.66. The lowest BCUT2D eigenvalue weighted by Gasteiger charge is -2.18. The molecule has 2 amide bonds. The first kappa shape index (κ1) is 15.4. The van der Waals surface area contributed by atoms with E-state index in [2.05, 4.69) is 5.32 Å². The Bertz CT molecular complexity index is 311. The molecule has 0 aromatic carbocycles. The van der Waals surface area contributed by atoms with Gasteiger partial charge in [0.25, 0.3) is 0 Å². The molecule has 98 valence electrons. The van der Waals surface area contributed by atoms with Gasteiger partial charge in [-0.1, -0.05) is 0 Å². The summed E-state index contributed by atoms with van der Waals surface area (Å²) in [7, 11) is 3.27. The minimum atomic E-state index is -1.09. The van der Waals surface area contributed by atoms with Crippen LogP contribution in [0.25, 0.3) is 0 Å². The average Bonchev–Trinajstić information content (AvgIpc) is 2.16. The van der Waals surface area contributed by atoms with Gasteiger partial charge in [-0.3, -0.25) is 14.4 Å². The molecule has 0 spiro atoms. The minimum Gasteiger partial charge on any atom is -0.481 e. The highest BCUT2D eigenvalue weighted by Gasteiger charge is 2.29. The summed E-state index contributed by atoms with van der Waals surface area (Å²) < 4.78 is 0. The van der Waals surface area contributed by atoms with Crippen LogP contribution in [0.3, 0.4) is 0 Å². The molecule has 0 aliphatic carbocycles. The normalized spacial score (nSPS) is 10.8.